The van der Waals surface area contributed by atoms with E-state index in [1.807, 2.05) is 18.2 Å². The Hall–Kier alpha value is -3.23. The number of methoxy groups -OCH3 is 1. The van der Waals surface area contributed by atoms with Crippen LogP contribution < -0.4 is 14.8 Å². The van der Waals surface area contributed by atoms with Gasteiger partial charge in [0.25, 0.3) is 0 Å². The van der Waals surface area contributed by atoms with E-state index in [0.717, 1.165) is 29.8 Å². The summed E-state index contributed by atoms with van der Waals surface area (Å²) in [5.74, 6) is 1.40. The molecule has 2 aromatic heterocycles. The summed E-state index contributed by atoms with van der Waals surface area (Å²) in [6.45, 7) is 6.89. The van der Waals surface area contributed by atoms with Crippen molar-refractivity contribution in [3.05, 3.63) is 53.0 Å². The number of H-pyrrole nitrogens is 1. The number of carbonyl (C=O) groups is 1. The number of nitrogens with zero attached hydrogens (tertiary/aromatic N) is 3. The van der Waals surface area contributed by atoms with E-state index in [4.69, 9.17) is 9.47 Å². The first-order chi connectivity index (χ1) is 15.1. The molecule has 1 aromatic carbocycles. The number of nitrogens with one attached hydrogen (secondary N) is 2. The standard InChI is InChI=1S/C23H25N5O3/c1-13-10-24-11-14(2)28(13)12-17-19(30-3)7-6-16-21(29)20(31-22(16)17)9-18-15-5-4-8-25-23(15)27-26-18/h4-9,13-14,24H,10-12H2,1-3H3,(H,25,26,27)/t13-,14+. The number of piperazine rings is 1. The van der Waals surface area contributed by atoms with Crippen LogP contribution >= 0.6 is 0 Å². The summed E-state index contributed by atoms with van der Waals surface area (Å²) in [6.07, 6.45) is 3.37. The van der Waals surface area contributed by atoms with Gasteiger partial charge in [0.2, 0.25) is 5.78 Å². The molecule has 0 amide bonds. The fourth-order valence-corrected chi connectivity index (χ4v) is 4.40. The predicted octanol–water partition coefficient (Wildman–Crippen LogP) is 2.76. The Kier molecular flexibility index (Phi) is 4.95. The minimum absolute atomic E-state index is 0.152. The molecular formula is C23H25N5O3. The first-order valence-corrected chi connectivity index (χ1v) is 10.5. The minimum Gasteiger partial charge on any atom is -0.496 e. The lowest BCUT2D eigenvalue weighted by molar-refractivity contribution is 0.101. The number of allylic oxidation sites excluding steroid dienone is 1. The molecule has 2 atom stereocenters. The van der Waals surface area contributed by atoms with Gasteiger partial charge >= 0.3 is 0 Å². The Morgan fingerprint density at radius 2 is 2.06 bits per heavy atom. The Bertz CT molecular complexity index is 1180. The molecule has 0 saturated carbocycles. The summed E-state index contributed by atoms with van der Waals surface area (Å²) in [7, 11) is 1.65. The summed E-state index contributed by atoms with van der Waals surface area (Å²) < 4.78 is 11.8. The van der Waals surface area contributed by atoms with Gasteiger partial charge in [0.1, 0.15) is 11.5 Å². The Morgan fingerprint density at radius 3 is 2.84 bits per heavy atom. The number of rotatable bonds is 4. The number of benzene rings is 1. The van der Waals surface area contributed by atoms with Gasteiger partial charge in [-0.25, -0.2) is 4.98 Å². The van der Waals surface area contributed by atoms with Crippen LogP contribution in [0.2, 0.25) is 0 Å². The average Bonchev–Trinajstić information content (AvgIpc) is 3.32. The van der Waals surface area contributed by atoms with E-state index in [-0.39, 0.29) is 11.5 Å². The van der Waals surface area contributed by atoms with E-state index in [2.05, 4.69) is 39.2 Å². The highest BCUT2D eigenvalue weighted by Gasteiger charge is 2.34. The molecule has 4 heterocycles. The van der Waals surface area contributed by atoms with Crippen LogP contribution in [0, 0.1) is 0 Å². The van der Waals surface area contributed by atoms with Gasteiger partial charge in [0, 0.05) is 49.4 Å². The highest BCUT2D eigenvalue weighted by Crippen LogP contribution is 2.41. The molecule has 0 spiro atoms. The molecule has 5 rings (SSSR count). The quantitative estimate of drug-likeness (QED) is 0.628. The van der Waals surface area contributed by atoms with Crippen molar-refractivity contribution in [2.24, 2.45) is 0 Å². The molecule has 1 fully saturated rings. The molecule has 0 radical (unpaired) electrons. The van der Waals surface area contributed by atoms with Gasteiger partial charge in [-0.1, -0.05) is 0 Å². The Labute approximate surface area is 180 Å². The fraction of sp³-hybridized carbons (Fsp3) is 0.348. The van der Waals surface area contributed by atoms with Gasteiger partial charge in [-0.05, 0) is 38.1 Å². The van der Waals surface area contributed by atoms with Crippen LogP contribution in [0.25, 0.3) is 17.1 Å². The zero-order valence-corrected chi connectivity index (χ0v) is 17.8. The number of Topliss-reactive ketones (excluding diaryl/α,β-unsaturated/α-hetero) is 1. The summed E-state index contributed by atoms with van der Waals surface area (Å²) >= 11 is 0. The molecule has 0 aliphatic carbocycles. The van der Waals surface area contributed by atoms with Crippen LogP contribution in [0.15, 0.2) is 36.2 Å². The number of hydrogen-bond donors (Lipinski definition) is 2. The van der Waals surface area contributed by atoms with Crippen LogP contribution in [0.4, 0.5) is 0 Å². The van der Waals surface area contributed by atoms with Gasteiger partial charge in [0.15, 0.2) is 11.4 Å². The van der Waals surface area contributed by atoms with Crippen LogP contribution in [0.5, 0.6) is 11.5 Å². The number of aromatic nitrogens is 3. The fourth-order valence-electron chi connectivity index (χ4n) is 4.40. The van der Waals surface area contributed by atoms with Crippen LogP contribution in [0.1, 0.15) is 35.5 Å². The molecule has 2 aliphatic rings. The zero-order chi connectivity index (χ0) is 21.5. The van der Waals surface area contributed by atoms with Crippen molar-refractivity contribution in [2.75, 3.05) is 20.2 Å². The SMILES string of the molecule is COc1ccc2c(c1CN1[C@H](C)CNC[C@@H]1C)OC(=Cc1n[nH]c3ncccc13)C2=O. The highest BCUT2D eigenvalue weighted by molar-refractivity contribution is 6.15. The summed E-state index contributed by atoms with van der Waals surface area (Å²) in [4.78, 5) is 19.8. The van der Waals surface area contributed by atoms with Crippen molar-refractivity contribution < 1.29 is 14.3 Å². The largest absolute Gasteiger partial charge is 0.496 e. The lowest BCUT2D eigenvalue weighted by Gasteiger charge is -2.39. The number of pyridine rings is 1. The predicted molar refractivity (Wildman–Crippen MR) is 117 cm³/mol. The normalized spacial score (nSPS) is 22.7. The van der Waals surface area contributed by atoms with Crippen molar-refractivity contribution >= 4 is 22.9 Å². The Balaban J connectivity index is 1.53. The molecular weight excluding hydrogens is 394 g/mol. The van der Waals surface area contributed by atoms with Crippen molar-refractivity contribution in [3.63, 3.8) is 0 Å². The molecule has 3 aromatic rings. The van der Waals surface area contributed by atoms with E-state index in [0.29, 0.717) is 41.3 Å². The van der Waals surface area contributed by atoms with Gasteiger partial charge in [-0.3, -0.25) is 14.8 Å². The van der Waals surface area contributed by atoms with Crippen LogP contribution in [-0.2, 0) is 6.54 Å². The Morgan fingerprint density at radius 1 is 1.26 bits per heavy atom. The van der Waals surface area contributed by atoms with E-state index in [1.165, 1.54) is 0 Å². The van der Waals surface area contributed by atoms with Crippen molar-refractivity contribution in [2.45, 2.75) is 32.5 Å². The van der Waals surface area contributed by atoms with Gasteiger partial charge in [-0.15, -0.1) is 0 Å². The summed E-state index contributed by atoms with van der Waals surface area (Å²) in [5, 5.41) is 11.5. The van der Waals surface area contributed by atoms with E-state index in [9.17, 15) is 4.79 Å². The number of ether oxygens (including phenoxy) is 2. The van der Waals surface area contributed by atoms with Crippen molar-refractivity contribution in [3.8, 4) is 11.5 Å². The van der Waals surface area contributed by atoms with E-state index < -0.39 is 0 Å². The summed E-state index contributed by atoms with van der Waals surface area (Å²) in [5.41, 5.74) is 2.74. The third-order valence-corrected chi connectivity index (χ3v) is 6.10. The minimum atomic E-state index is -0.152. The molecule has 8 heteroatoms. The molecule has 31 heavy (non-hydrogen) atoms. The molecule has 2 N–H and O–H groups in total. The van der Waals surface area contributed by atoms with Gasteiger partial charge in [-0.2, -0.15) is 5.10 Å². The third-order valence-electron chi connectivity index (χ3n) is 6.10. The lowest BCUT2D eigenvalue weighted by atomic mass is 10.0. The third kappa shape index (κ3) is 3.37. The maximum Gasteiger partial charge on any atom is 0.232 e. The van der Waals surface area contributed by atoms with E-state index in [1.54, 1.807) is 25.4 Å². The van der Waals surface area contributed by atoms with Crippen LogP contribution in [0.3, 0.4) is 0 Å². The molecule has 8 nitrogen and oxygen atoms in total. The summed E-state index contributed by atoms with van der Waals surface area (Å²) in [6, 6.07) is 8.09. The van der Waals surface area contributed by atoms with Crippen LogP contribution in [-0.4, -0.2) is 58.1 Å². The number of ketones is 1. The lowest BCUT2D eigenvalue weighted by Crippen LogP contribution is -2.54. The second-order valence-corrected chi connectivity index (χ2v) is 8.10. The first-order valence-electron chi connectivity index (χ1n) is 10.5. The van der Waals surface area contributed by atoms with Gasteiger partial charge in [0.05, 0.1) is 23.9 Å². The maximum absolute atomic E-state index is 13.1. The first kappa shape index (κ1) is 19.7. The van der Waals surface area contributed by atoms with Crippen molar-refractivity contribution in [1.82, 2.24) is 25.4 Å². The second-order valence-electron chi connectivity index (χ2n) is 8.10. The number of fused-ring (bicyclic) bond motifs is 2. The number of aromatic amines is 1. The average molecular weight is 419 g/mol. The van der Waals surface area contributed by atoms with Gasteiger partial charge < -0.3 is 14.8 Å². The molecule has 0 bridgehead atoms. The molecule has 1 saturated heterocycles. The smallest absolute Gasteiger partial charge is 0.232 e. The van der Waals surface area contributed by atoms with E-state index >= 15 is 0 Å². The maximum atomic E-state index is 13.1. The number of hydrogen-bond acceptors (Lipinski definition) is 7. The monoisotopic (exact) mass is 419 g/mol. The molecule has 0 unspecified atom stereocenters. The second kappa shape index (κ2) is 7.79. The zero-order valence-electron chi connectivity index (χ0n) is 17.8. The molecule has 2 aliphatic heterocycles. The highest BCUT2D eigenvalue weighted by atomic mass is 16.5. The van der Waals surface area contributed by atoms with Crippen molar-refractivity contribution in [1.29, 1.82) is 0 Å². The topological polar surface area (TPSA) is 92.4 Å². The molecule has 160 valence electrons. The number of carbonyl (C=O) groups excluding carboxylic acids is 1.